The van der Waals surface area contributed by atoms with E-state index in [1.165, 1.54) is 0 Å². The summed E-state index contributed by atoms with van der Waals surface area (Å²) >= 11 is 0. The summed E-state index contributed by atoms with van der Waals surface area (Å²) in [5.74, 6) is -0.643. The number of aryl methyl sites for hydroxylation is 1. The molecule has 1 saturated heterocycles. The summed E-state index contributed by atoms with van der Waals surface area (Å²) in [6.45, 7) is 1.12. The van der Waals surface area contributed by atoms with Gasteiger partial charge in [-0.05, 0) is 48.9 Å². The minimum Gasteiger partial charge on any atom is -0.481 e. The quantitative estimate of drug-likeness (QED) is 0.897. The number of Topliss-reactive ketones (excluding diaryl/α,β-unsaturated/α-hetero) is 1. The fourth-order valence-corrected chi connectivity index (χ4v) is 3.40. The van der Waals surface area contributed by atoms with Crippen molar-refractivity contribution in [3.8, 4) is 0 Å². The number of ketones is 1. The second-order valence-electron chi connectivity index (χ2n) is 6.28. The summed E-state index contributed by atoms with van der Waals surface area (Å²) in [7, 11) is 0. The average molecular weight is 316 g/mol. The van der Waals surface area contributed by atoms with Crippen molar-refractivity contribution in [3.05, 3.63) is 29.3 Å². The van der Waals surface area contributed by atoms with Gasteiger partial charge in [-0.25, -0.2) is 4.79 Å². The summed E-state index contributed by atoms with van der Waals surface area (Å²) in [4.78, 5) is 36.5. The number of likely N-dealkylation sites (tertiary alicyclic amines) is 1. The zero-order valence-corrected chi connectivity index (χ0v) is 12.9. The first-order valence-corrected chi connectivity index (χ1v) is 7.97. The van der Waals surface area contributed by atoms with Crippen molar-refractivity contribution in [2.75, 3.05) is 18.4 Å². The predicted molar refractivity (Wildman–Crippen MR) is 84.7 cm³/mol. The van der Waals surface area contributed by atoms with Crippen molar-refractivity contribution in [2.24, 2.45) is 5.92 Å². The molecule has 3 rings (SSSR count). The molecule has 0 radical (unpaired) electrons. The van der Waals surface area contributed by atoms with Crippen LogP contribution in [0.4, 0.5) is 10.5 Å². The Bertz CT molecular complexity index is 656. The van der Waals surface area contributed by atoms with Crippen LogP contribution >= 0.6 is 0 Å². The second kappa shape index (κ2) is 6.40. The fraction of sp³-hybridized carbons (Fsp3) is 0.471. The first-order chi connectivity index (χ1) is 11.0. The predicted octanol–water partition coefficient (Wildman–Crippen LogP) is 2.53. The number of carboxylic acid groups (broad SMARTS) is 1. The summed E-state index contributed by atoms with van der Waals surface area (Å²) in [6, 6.07) is 5.17. The minimum absolute atomic E-state index is 0.0182. The summed E-state index contributed by atoms with van der Waals surface area (Å²) < 4.78 is 0. The van der Waals surface area contributed by atoms with E-state index in [-0.39, 0.29) is 24.2 Å². The first kappa shape index (κ1) is 15.5. The van der Waals surface area contributed by atoms with E-state index < -0.39 is 5.97 Å². The molecule has 1 aliphatic heterocycles. The molecule has 122 valence electrons. The van der Waals surface area contributed by atoms with E-state index in [1.807, 2.05) is 6.07 Å². The Labute approximate surface area is 134 Å². The van der Waals surface area contributed by atoms with Gasteiger partial charge in [0, 0.05) is 37.2 Å². The number of aliphatic carboxylic acids is 1. The minimum atomic E-state index is -0.819. The molecule has 1 aromatic rings. The van der Waals surface area contributed by atoms with Crippen LogP contribution in [-0.2, 0) is 11.2 Å². The maximum atomic E-state index is 12.4. The number of nitrogens with one attached hydrogen (secondary N) is 1. The van der Waals surface area contributed by atoms with Gasteiger partial charge in [0.1, 0.15) is 0 Å². The van der Waals surface area contributed by atoms with Gasteiger partial charge in [0.15, 0.2) is 5.78 Å². The molecule has 1 heterocycles. The summed E-state index contributed by atoms with van der Waals surface area (Å²) in [5.41, 5.74) is 2.42. The number of fused-ring (bicyclic) bond motifs is 1. The van der Waals surface area contributed by atoms with Crippen LogP contribution in [0, 0.1) is 5.92 Å². The maximum absolute atomic E-state index is 12.4. The SMILES string of the molecule is O=C(O)CC1CCCN(C(=O)Nc2ccc3c(c2)CCC3=O)C1. The van der Waals surface area contributed by atoms with Crippen molar-refractivity contribution in [3.63, 3.8) is 0 Å². The molecule has 0 bridgehead atoms. The number of carbonyl (C=O) groups is 3. The fourth-order valence-electron chi connectivity index (χ4n) is 3.40. The van der Waals surface area contributed by atoms with Gasteiger partial charge < -0.3 is 15.3 Å². The molecule has 0 saturated carbocycles. The van der Waals surface area contributed by atoms with E-state index in [4.69, 9.17) is 5.11 Å². The smallest absolute Gasteiger partial charge is 0.321 e. The van der Waals surface area contributed by atoms with Gasteiger partial charge in [0.25, 0.3) is 0 Å². The van der Waals surface area contributed by atoms with Gasteiger partial charge in [-0.15, -0.1) is 0 Å². The Morgan fingerprint density at radius 1 is 1.30 bits per heavy atom. The largest absolute Gasteiger partial charge is 0.481 e. The number of hydrogen-bond acceptors (Lipinski definition) is 3. The monoisotopic (exact) mass is 316 g/mol. The lowest BCUT2D eigenvalue weighted by atomic mass is 9.95. The van der Waals surface area contributed by atoms with Gasteiger partial charge in [-0.3, -0.25) is 9.59 Å². The highest BCUT2D eigenvalue weighted by atomic mass is 16.4. The van der Waals surface area contributed by atoms with Gasteiger partial charge in [0.05, 0.1) is 0 Å². The Kier molecular flexibility index (Phi) is 4.32. The van der Waals surface area contributed by atoms with Crippen molar-refractivity contribution < 1.29 is 19.5 Å². The third-order valence-corrected chi connectivity index (χ3v) is 4.55. The van der Waals surface area contributed by atoms with E-state index in [0.717, 1.165) is 30.4 Å². The van der Waals surface area contributed by atoms with Crippen LogP contribution in [-0.4, -0.2) is 40.9 Å². The second-order valence-corrected chi connectivity index (χ2v) is 6.28. The van der Waals surface area contributed by atoms with Crippen LogP contribution in [0.15, 0.2) is 18.2 Å². The van der Waals surface area contributed by atoms with Crippen LogP contribution in [0.1, 0.15) is 41.6 Å². The van der Waals surface area contributed by atoms with Crippen LogP contribution in [0.5, 0.6) is 0 Å². The van der Waals surface area contributed by atoms with Gasteiger partial charge in [-0.2, -0.15) is 0 Å². The standard InChI is InChI=1S/C17H20N2O4/c20-15-6-3-12-9-13(4-5-14(12)15)18-17(23)19-7-1-2-11(10-19)8-16(21)22/h4-5,9,11H,1-3,6-8,10H2,(H,18,23)(H,21,22). The Balaban J connectivity index is 1.63. The van der Waals surface area contributed by atoms with Crippen molar-refractivity contribution in [1.29, 1.82) is 0 Å². The molecular formula is C17H20N2O4. The van der Waals surface area contributed by atoms with Gasteiger partial charge >= 0.3 is 12.0 Å². The third kappa shape index (κ3) is 3.52. The molecule has 1 aromatic carbocycles. The lowest BCUT2D eigenvalue weighted by Gasteiger charge is -2.32. The third-order valence-electron chi connectivity index (χ3n) is 4.55. The molecule has 2 N–H and O–H groups in total. The highest BCUT2D eigenvalue weighted by Gasteiger charge is 2.26. The number of piperidine rings is 1. The topological polar surface area (TPSA) is 86.7 Å². The van der Waals surface area contributed by atoms with Crippen LogP contribution < -0.4 is 5.32 Å². The van der Waals surface area contributed by atoms with E-state index in [1.54, 1.807) is 17.0 Å². The molecule has 0 spiro atoms. The number of hydrogen-bond donors (Lipinski definition) is 2. The molecular weight excluding hydrogens is 296 g/mol. The van der Waals surface area contributed by atoms with E-state index in [2.05, 4.69) is 5.32 Å². The lowest BCUT2D eigenvalue weighted by Crippen LogP contribution is -2.42. The molecule has 1 unspecified atom stereocenters. The molecule has 2 amide bonds. The Hall–Kier alpha value is -2.37. The number of urea groups is 1. The van der Waals surface area contributed by atoms with Crippen molar-refractivity contribution in [1.82, 2.24) is 4.90 Å². The molecule has 23 heavy (non-hydrogen) atoms. The number of carboxylic acids is 1. The first-order valence-electron chi connectivity index (χ1n) is 7.97. The normalized spacial score (nSPS) is 20.3. The Morgan fingerprint density at radius 3 is 2.91 bits per heavy atom. The average Bonchev–Trinajstić information content (AvgIpc) is 2.88. The van der Waals surface area contributed by atoms with Crippen molar-refractivity contribution >= 4 is 23.5 Å². The van der Waals surface area contributed by atoms with Gasteiger partial charge in [0.2, 0.25) is 0 Å². The number of carbonyl (C=O) groups excluding carboxylic acids is 2. The highest BCUT2D eigenvalue weighted by molar-refractivity contribution is 6.01. The van der Waals surface area contributed by atoms with Crippen LogP contribution in [0.25, 0.3) is 0 Å². The van der Waals surface area contributed by atoms with Crippen LogP contribution in [0.2, 0.25) is 0 Å². The molecule has 6 heteroatoms. The lowest BCUT2D eigenvalue weighted by molar-refractivity contribution is -0.138. The molecule has 1 fully saturated rings. The van der Waals surface area contributed by atoms with Crippen LogP contribution in [0.3, 0.4) is 0 Å². The van der Waals surface area contributed by atoms with E-state index >= 15 is 0 Å². The van der Waals surface area contributed by atoms with Gasteiger partial charge in [-0.1, -0.05) is 0 Å². The summed E-state index contributed by atoms with van der Waals surface area (Å²) in [5, 5.41) is 11.7. The number of nitrogens with zero attached hydrogens (tertiary/aromatic N) is 1. The molecule has 0 aromatic heterocycles. The molecule has 6 nitrogen and oxygen atoms in total. The Morgan fingerprint density at radius 2 is 2.13 bits per heavy atom. The van der Waals surface area contributed by atoms with Crippen molar-refractivity contribution in [2.45, 2.75) is 32.1 Å². The number of amides is 2. The van der Waals surface area contributed by atoms with E-state index in [9.17, 15) is 14.4 Å². The van der Waals surface area contributed by atoms with E-state index in [0.29, 0.717) is 25.2 Å². The summed E-state index contributed by atoms with van der Waals surface area (Å²) in [6.07, 6.45) is 3.03. The highest BCUT2D eigenvalue weighted by Crippen LogP contribution is 2.26. The maximum Gasteiger partial charge on any atom is 0.321 e. The number of benzene rings is 1. The number of rotatable bonds is 3. The zero-order chi connectivity index (χ0) is 16.4. The number of anilines is 1. The molecule has 1 aliphatic carbocycles. The molecule has 2 aliphatic rings. The zero-order valence-electron chi connectivity index (χ0n) is 12.9. The molecule has 1 atom stereocenters.